The maximum Gasteiger partial charge on any atom is 0.319 e. The number of hydrogen-bond donors (Lipinski definition) is 4. The molecular weight excluding hydrogens is 366 g/mol. The lowest BCUT2D eigenvalue weighted by Crippen LogP contribution is -2.32. The molecule has 0 bridgehead atoms. The first-order valence-corrected chi connectivity index (χ1v) is 8.62. The highest BCUT2D eigenvalue weighted by molar-refractivity contribution is 6.30. The number of halogens is 1. The Morgan fingerprint density at radius 3 is 2.26 bits per heavy atom. The van der Waals surface area contributed by atoms with Gasteiger partial charge in [-0.05, 0) is 48.5 Å². The summed E-state index contributed by atoms with van der Waals surface area (Å²) in [5.41, 5.74) is 1.56. The predicted octanol–water partition coefficient (Wildman–Crippen LogP) is 3.50. The van der Waals surface area contributed by atoms with Crippen LogP contribution in [0.2, 0.25) is 5.02 Å². The first kappa shape index (κ1) is 18.4. The molecule has 9 heteroatoms. The van der Waals surface area contributed by atoms with E-state index in [9.17, 15) is 4.79 Å². The number of anilines is 4. The van der Waals surface area contributed by atoms with E-state index >= 15 is 0 Å². The van der Waals surface area contributed by atoms with Crippen molar-refractivity contribution in [2.45, 2.75) is 0 Å². The summed E-state index contributed by atoms with van der Waals surface area (Å²) in [6.45, 7) is 0.942. The Hall–Kier alpha value is -3.39. The Bertz CT molecular complexity index is 857. The lowest BCUT2D eigenvalue weighted by Gasteiger charge is -2.09. The number of carbonyl (C=O) groups excluding carboxylic acids is 1. The van der Waals surface area contributed by atoms with Crippen molar-refractivity contribution in [3.05, 3.63) is 65.9 Å². The molecule has 0 aliphatic carbocycles. The smallest absolute Gasteiger partial charge is 0.319 e. The topological polar surface area (TPSA) is 104 Å². The van der Waals surface area contributed by atoms with Crippen LogP contribution in [0.3, 0.4) is 0 Å². The molecule has 0 aliphatic rings. The van der Waals surface area contributed by atoms with Gasteiger partial charge in [-0.1, -0.05) is 11.6 Å². The number of carbonyl (C=O) groups is 1. The summed E-state index contributed by atoms with van der Waals surface area (Å²) in [6, 6.07) is 13.9. The van der Waals surface area contributed by atoms with E-state index in [0.717, 1.165) is 5.69 Å². The van der Waals surface area contributed by atoms with Gasteiger partial charge in [0.15, 0.2) is 5.82 Å². The molecule has 0 aliphatic heterocycles. The number of urea groups is 1. The molecule has 0 saturated heterocycles. The third-order valence-corrected chi connectivity index (χ3v) is 3.69. The molecule has 8 nitrogen and oxygen atoms in total. The minimum absolute atomic E-state index is 0.290. The van der Waals surface area contributed by atoms with Crippen molar-refractivity contribution in [3.63, 3.8) is 0 Å². The Balaban J connectivity index is 1.37. The molecule has 0 unspecified atom stereocenters. The molecule has 0 spiro atoms. The average Bonchev–Trinajstić information content (AvgIpc) is 2.69. The predicted molar refractivity (Wildman–Crippen MR) is 107 cm³/mol. The maximum absolute atomic E-state index is 11.8. The van der Waals surface area contributed by atoms with E-state index in [4.69, 9.17) is 11.6 Å². The summed E-state index contributed by atoms with van der Waals surface area (Å²) in [7, 11) is 0. The molecule has 0 fully saturated rings. The quantitative estimate of drug-likeness (QED) is 0.465. The summed E-state index contributed by atoms with van der Waals surface area (Å²) in [5, 5.41) is 20.5. The molecule has 1 aromatic carbocycles. The fourth-order valence-electron chi connectivity index (χ4n) is 2.15. The van der Waals surface area contributed by atoms with Gasteiger partial charge in [0, 0.05) is 41.9 Å². The minimum atomic E-state index is -0.290. The summed E-state index contributed by atoms with van der Waals surface area (Å²) >= 11 is 5.80. The number of rotatable bonds is 7. The van der Waals surface area contributed by atoms with Gasteiger partial charge in [-0.15, -0.1) is 10.2 Å². The number of hydrogen-bond acceptors (Lipinski definition) is 6. The Morgan fingerprint density at radius 2 is 1.56 bits per heavy atom. The third kappa shape index (κ3) is 6.12. The van der Waals surface area contributed by atoms with Crippen molar-refractivity contribution in [1.82, 2.24) is 20.5 Å². The minimum Gasteiger partial charge on any atom is -0.367 e. The Labute approximate surface area is 161 Å². The number of benzene rings is 1. The molecule has 27 heavy (non-hydrogen) atoms. The van der Waals surface area contributed by atoms with Gasteiger partial charge in [-0.2, -0.15) is 0 Å². The van der Waals surface area contributed by atoms with E-state index in [1.165, 1.54) is 0 Å². The molecule has 4 N–H and O–H groups in total. The fourth-order valence-corrected chi connectivity index (χ4v) is 2.28. The highest BCUT2D eigenvalue weighted by Gasteiger charge is 2.02. The maximum atomic E-state index is 11.8. The molecule has 3 rings (SSSR count). The second kappa shape index (κ2) is 9.35. The second-order valence-electron chi connectivity index (χ2n) is 5.48. The van der Waals surface area contributed by atoms with Gasteiger partial charge < -0.3 is 21.3 Å². The zero-order valence-electron chi connectivity index (χ0n) is 14.3. The average molecular weight is 384 g/mol. The number of aromatic nitrogens is 3. The zero-order chi connectivity index (χ0) is 18.9. The van der Waals surface area contributed by atoms with Crippen LogP contribution in [0.5, 0.6) is 0 Å². The first-order chi connectivity index (χ1) is 13.2. The molecule has 138 valence electrons. The van der Waals surface area contributed by atoms with Crippen LogP contribution in [0.15, 0.2) is 60.9 Å². The van der Waals surface area contributed by atoms with Gasteiger partial charge in [0.2, 0.25) is 0 Å². The van der Waals surface area contributed by atoms with Crippen molar-refractivity contribution >= 4 is 40.6 Å². The second-order valence-corrected chi connectivity index (χ2v) is 5.92. The van der Waals surface area contributed by atoms with Crippen molar-refractivity contribution in [2.75, 3.05) is 29.0 Å². The zero-order valence-corrected chi connectivity index (χ0v) is 15.1. The summed E-state index contributed by atoms with van der Waals surface area (Å²) in [5.74, 6) is 1.25. The van der Waals surface area contributed by atoms with Gasteiger partial charge in [0.25, 0.3) is 0 Å². The third-order valence-electron chi connectivity index (χ3n) is 3.44. The molecule has 0 saturated carbocycles. The normalized spacial score (nSPS) is 10.1. The highest BCUT2D eigenvalue weighted by Crippen LogP contribution is 2.14. The Kier molecular flexibility index (Phi) is 6.37. The summed E-state index contributed by atoms with van der Waals surface area (Å²) in [4.78, 5) is 15.8. The summed E-state index contributed by atoms with van der Waals surface area (Å²) in [6.07, 6.45) is 3.39. The molecule has 2 aromatic heterocycles. The van der Waals surface area contributed by atoms with E-state index in [2.05, 4.69) is 36.4 Å². The van der Waals surface area contributed by atoms with Crippen molar-refractivity contribution in [3.8, 4) is 0 Å². The van der Waals surface area contributed by atoms with Gasteiger partial charge in [-0.3, -0.25) is 4.98 Å². The van der Waals surface area contributed by atoms with E-state index in [1.807, 2.05) is 24.3 Å². The van der Waals surface area contributed by atoms with Crippen LogP contribution in [-0.2, 0) is 0 Å². The van der Waals surface area contributed by atoms with Crippen LogP contribution in [0.4, 0.5) is 27.8 Å². The number of pyridine rings is 1. The molecule has 0 radical (unpaired) electrons. The number of amides is 2. The van der Waals surface area contributed by atoms with E-state index in [0.29, 0.717) is 35.4 Å². The highest BCUT2D eigenvalue weighted by atomic mass is 35.5. The summed E-state index contributed by atoms with van der Waals surface area (Å²) < 4.78 is 0. The number of nitrogens with one attached hydrogen (secondary N) is 4. The van der Waals surface area contributed by atoms with Crippen LogP contribution in [0.1, 0.15) is 0 Å². The van der Waals surface area contributed by atoms with E-state index in [-0.39, 0.29) is 6.03 Å². The van der Waals surface area contributed by atoms with Crippen LogP contribution < -0.4 is 21.3 Å². The lowest BCUT2D eigenvalue weighted by molar-refractivity contribution is 0.252. The number of nitrogens with zero attached hydrogens (tertiary/aromatic N) is 3. The van der Waals surface area contributed by atoms with Gasteiger partial charge in [-0.25, -0.2) is 4.79 Å². The van der Waals surface area contributed by atoms with Gasteiger partial charge in [0.05, 0.1) is 0 Å². The van der Waals surface area contributed by atoms with Crippen LogP contribution >= 0.6 is 11.6 Å². The van der Waals surface area contributed by atoms with Gasteiger partial charge in [0.1, 0.15) is 5.82 Å². The largest absolute Gasteiger partial charge is 0.367 e. The molecule has 2 amide bonds. The van der Waals surface area contributed by atoms with Crippen molar-refractivity contribution < 1.29 is 4.79 Å². The van der Waals surface area contributed by atoms with Crippen LogP contribution in [0, 0.1) is 0 Å². The van der Waals surface area contributed by atoms with Crippen molar-refractivity contribution in [1.29, 1.82) is 0 Å². The lowest BCUT2D eigenvalue weighted by atomic mass is 10.3. The molecule has 2 heterocycles. The van der Waals surface area contributed by atoms with Crippen molar-refractivity contribution in [2.24, 2.45) is 0 Å². The fraction of sp³-hybridized carbons (Fsp3) is 0.111. The SMILES string of the molecule is O=C(NCCNc1ccc(Nc2ccncc2)nn1)Nc1ccc(Cl)cc1. The molecular formula is C18H18ClN7O. The van der Waals surface area contributed by atoms with Crippen LogP contribution in [0.25, 0.3) is 0 Å². The standard InChI is InChI=1S/C18H18ClN7O/c19-13-1-3-14(4-2-13)24-18(27)22-12-11-21-16-5-6-17(26-25-16)23-15-7-9-20-10-8-15/h1-10H,11-12H2,(H,21,25)(H,20,23,26)(H2,22,24,27). The molecule has 3 aromatic rings. The van der Waals surface area contributed by atoms with Crippen LogP contribution in [-0.4, -0.2) is 34.3 Å². The van der Waals surface area contributed by atoms with E-state index in [1.54, 1.807) is 36.7 Å². The Morgan fingerprint density at radius 1 is 0.852 bits per heavy atom. The monoisotopic (exact) mass is 383 g/mol. The van der Waals surface area contributed by atoms with E-state index < -0.39 is 0 Å². The first-order valence-electron chi connectivity index (χ1n) is 8.24. The molecule has 0 atom stereocenters. The van der Waals surface area contributed by atoms with Gasteiger partial charge >= 0.3 is 6.03 Å².